The van der Waals surface area contributed by atoms with E-state index in [1.165, 1.54) is 39.0 Å². The van der Waals surface area contributed by atoms with Gasteiger partial charge in [0.15, 0.2) is 0 Å². The molecule has 1 aromatic heterocycles. The second kappa shape index (κ2) is 7.10. The van der Waals surface area contributed by atoms with E-state index in [-0.39, 0.29) is 0 Å². The Hall–Kier alpha value is -2.61. The molecule has 0 saturated carbocycles. The molecule has 128 valence electrons. The number of anilines is 1. The van der Waals surface area contributed by atoms with Crippen LogP contribution in [0.5, 0.6) is 0 Å². The number of fused-ring (bicyclic) bond motifs is 1. The first-order chi connectivity index (χ1) is 12.0. The van der Waals surface area contributed by atoms with E-state index >= 15 is 0 Å². The van der Waals surface area contributed by atoms with Crippen LogP contribution in [-0.4, -0.2) is 14.1 Å². The topological polar surface area (TPSA) is 7.12 Å². The summed E-state index contributed by atoms with van der Waals surface area (Å²) in [5.74, 6) is 0. The normalized spacial score (nSPS) is 11.4. The van der Waals surface area contributed by atoms with Gasteiger partial charge in [-0.05, 0) is 67.8 Å². The first-order valence-corrected chi connectivity index (χ1v) is 8.89. The summed E-state index contributed by atoms with van der Waals surface area (Å²) < 4.78 is 2.37. The van der Waals surface area contributed by atoms with E-state index in [2.05, 4.69) is 105 Å². The van der Waals surface area contributed by atoms with Crippen LogP contribution in [-0.2, 0) is 6.54 Å². The molecule has 0 aliphatic heterocycles. The van der Waals surface area contributed by atoms with Crippen LogP contribution in [0.1, 0.15) is 29.3 Å². The lowest BCUT2D eigenvalue weighted by molar-refractivity contribution is -0.669. The Morgan fingerprint density at radius 2 is 1.60 bits per heavy atom. The van der Waals surface area contributed by atoms with Crippen molar-refractivity contribution in [3.05, 3.63) is 70.9 Å². The van der Waals surface area contributed by atoms with E-state index < -0.39 is 0 Å². The highest BCUT2D eigenvalue weighted by Crippen LogP contribution is 2.23. The van der Waals surface area contributed by atoms with Gasteiger partial charge in [-0.25, -0.2) is 0 Å². The molecular weight excluding hydrogens is 304 g/mol. The Bertz CT molecular complexity index is 913. The van der Waals surface area contributed by atoms with E-state index in [1.807, 2.05) is 0 Å². The number of nitrogens with zero attached hydrogens (tertiary/aromatic N) is 2. The van der Waals surface area contributed by atoms with Crippen molar-refractivity contribution in [2.45, 2.75) is 27.3 Å². The molecule has 0 bridgehead atoms. The zero-order valence-electron chi connectivity index (χ0n) is 15.9. The molecule has 2 nitrogen and oxygen atoms in total. The van der Waals surface area contributed by atoms with Gasteiger partial charge in [-0.1, -0.05) is 12.1 Å². The van der Waals surface area contributed by atoms with Crippen molar-refractivity contribution in [2.75, 3.05) is 19.0 Å². The van der Waals surface area contributed by atoms with Gasteiger partial charge in [0.2, 0.25) is 11.2 Å². The number of pyridine rings is 1. The first kappa shape index (κ1) is 17.2. The van der Waals surface area contributed by atoms with Crippen molar-refractivity contribution in [1.29, 1.82) is 0 Å². The molecule has 1 heterocycles. The fourth-order valence-electron chi connectivity index (χ4n) is 3.42. The van der Waals surface area contributed by atoms with Crippen LogP contribution in [0.15, 0.2) is 48.5 Å². The summed E-state index contributed by atoms with van der Waals surface area (Å²) in [6.07, 6.45) is 4.49. The van der Waals surface area contributed by atoms with Crippen LogP contribution in [0.3, 0.4) is 0 Å². The minimum Gasteiger partial charge on any atom is -0.378 e. The SMILES string of the molecule is CC[n+]1c(/C=C/c2c(C)cc(N(C)C)cc2C)ccc2ccccc21. The van der Waals surface area contributed by atoms with Crippen LogP contribution in [0.4, 0.5) is 5.69 Å². The minimum atomic E-state index is 0.957. The average Bonchev–Trinajstić information content (AvgIpc) is 2.60. The van der Waals surface area contributed by atoms with Crippen LogP contribution in [0, 0.1) is 13.8 Å². The fraction of sp³-hybridized carbons (Fsp3) is 0.261. The summed E-state index contributed by atoms with van der Waals surface area (Å²) in [7, 11) is 4.17. The Morgan fingerprint density at radius 1 is 0.920 bits per heavy atom. The summed E-state index contributed by atoms with van der Waals surface area (Å²) >= 11 is 0. The van der Waals surface area contributed by atoms with Crippen molar-refractivity contribution in [3.63, 3.8) is 0 Å². The highest BCUT2D eigenvalue weighted by Gasteiger charge is 2.11. The third-order valence-corrected chi connectivity index (χ3v) is 4.80. The van der Waals surface area contributed by atoms with Gasteiger partial charge >= 0.3 is 0 Å². The van der Waals surface area contributed by atoms with Crippen molar-refractivity contribution in [1.82, 2.24) is 0 Å². The molecule has 2 aromatic carbocycles. The second-order valence-electron chi connectivity index (χ2n) is 6.78. The predicted molar refractivity (Wildman–Crippen MR) is 109 cm³/mol. The summed E-state index contributed by atoms with van der Waals surface area (Å²) in [5, 5.41) is 1.28. The Kier molecular flexibility index (Phi) is 4.89. The summed E-state index contributed by atoms with van der Waals surface area (Å²) in [6.45, 7) is 7.53. The summed E-state index contributed by atoms with van der Waals surface area (Å²) in [5.41, 5.74) is 7.69. The van der Waals surface area contributed by atoms with Crippen molar-refractivity contribution in [3.8, 4) is 0 Å². The lowest BCUT2D eigenvalue weighted by atomic mass is 10.0. The Balaban J connectivity index is 2.04. The number of para-hydroxylation sites is 1. The molecule has 3 rings (SSSR count). The van der Waals surface area contributed by atoms with E-state index in [4.69, 9.17) is 0 Å². The van der Waals surface area contributed by atoms with Crippen LogP contribution in [0.25, 0.3) is 23.1 Å². The highest BCUT2D eigenvalue weighted by atomic mass is 15.1. The van der Waals surface area contributed by atoms with Crippen molar-refractivity contribution >= 4 is 28.7 Å². The van der Waals surface area contributed by atoms with E-state index in [1.54, 1.807) is 0 Å². The third-order valence-electron chi connectivity index (χ3n) is 4.80. The molecule has 0 saturated heterocycles. The van der Waals surface area contributed by atoms with E-state index in [0.717, 1.165) is 6.54 Å². The van der Waals surface area contributed by atoms with Crippen LogP contribution >= 0.6 is 0 Å². The Morgan fingerprint density at radius 3 is 2.24 bits per heavy atom. The largest absolute Gasteiger partial charge is 0.378 e. The van der Waals surface area contributed by atoms with Gasteiger partial charge in [0.1, 0.15) is 6.54 Å². The zero-order valence-corrected chi connectivity index (χ0v) is 15.9. The molecule has 0 spiro atoms. The minimum absolute atomic E-state index is 0.957. The van der Waals surface area contributed by atoms with Gasteiger partial charge in [0.25, 0.3) is 0 Å². The smallest absolute Gasteiger partial charge is 0.212 e. The van der Waals surface area contributed by atoms with Gasteiger partial charge < -0.3 is 4.90 Å². The highest BCUT2D eigenvalue weighted by molar-refractivity contribution is 5.78. The maximum Gasteiger partial charge on any atom is 0.212 e. The van der Waals surface area contributed by atoms with Crippen molar-refractivity contribution in [2.24, 2.45) is 0 Å². The van der Waals surface area contributed by atoms with Gasteiger partial charge in [-0.15, -0.1) is 0 Å². The van der Waals surface area contributed by atoms with E-state index in [0.29, 0.717) is 0 Å². The molecule has 0 fully saturated rings. The molecule has 0 unspecified atom stereocenters. The fourth-order valence-corrected chi connectivity index (χ4v) is 3.42. The standard InChI is InChI=1S/C23H27N2/c1-6-25-20(12-11-19-9-7-8-10-23(19)25)13-14-22-17(2)15-21(24(4)5)16-18(22)3/h7-16H,6H2,1-5H3/q+1. The average molecular weight is 331 g/mol. The monoisotopic (exact) mass is 331 g/mol. The van der Waals surface area contributed by atoms with Gasteiger partial charge in [-0.2, -0.15) is 4.57 Å². The maximum absolute atomic E-state index is 2.37. The number of rotatable bonds is 4. The number of hydrogen-bond acceptors (Lipinski definition) is 1. The molecule has 25 heavy (non-hydrogen) atoms. The quantitative estimate of drug-likeness (QED) is 0.610. The van der Waals surface area contributed by atoms with Crippen molar-refractivity contribution < 1.29 is 4.57 Å². The maximum atomic E-state index is 2.37. The predicted octanol–water partition coefficient (Wildman–Crippen LogP) is 5.00. The molecule has 0 aliphatic carbocycles. The summed E-state index contributed by atoms with van der Waals surface area (Å²) in [4.78, 5) is 2.15. The number of aryl methyl sites for hydroxylation is 3. The molecule has 2 heteroatoms. The second-order valence-corrected chi connectivity index (χ2v) is 6.78. The summed E-state index contributed by atoms with van der Waals surface area (Å²) in [6, 6.07) is 17.5. The third kappa shape index (κ3) is 3.43. The van der Waals surface area contributed by atoms with Gasteiger partial charge in [0, 0.05) is 43.4 Å². The molecule has 0 atom stereocenters. The van der Waals surface area contributed by atoms with Crippen LogP contribution in [0.2, 0.25) is 0 Å². The Labute approximate surface area is 151 Å². The lowest BCUT2D eigenvalue weighted by Gasteiger charge is -2.16. The zero-order chi connectivity index (χ0) is 18.0. The number of hydrogen-bond donors (Lipinski definition) is 0. The van der Waals surface area contributed by atoms with Gasteiger partial charge in [0.05, 0.1) is 0 Å². The van der Waals surface area contributed by atoms with Gasteiger partial charge in [-0.3, -0.25) is 0 Å². The lowest BCUT2D eigenvalue weighted by Crippen LogP contribution is -2.36. The molecular formula is C23H27N2+. The van der Waals surface area contributed by atoms with E-state index in [9.17, 15) is 0 Å². The molecule has 0 radical (unpaired) electrons. The molecule has 0 N–H and O–H groups in total. The number of benzene rings is 2. The van der Waals surface area contributed by atoms with Crippen LogP contribution < -0.4 is 9.47 Å². The number of aromatic nitrogens is 1. The molecule has 0 amide bonds. The first-order valence-electron chi connectivity index (χ1n) is 8.89. The molecule has 3 aromatic rings. The molecule has 0 aliphatic rings.